The van der Waals surface area contributed by atoms with Gasteiger partial charge >= 0.3 is 0 Å². The second kappa shape index (κ2) is 7.73. The SMILES string of the molecule is C[C@H](NC(=O)c1cccc(Cn2cccn2)c1)c1nncn1C1CCCC1. The van der Waals surface area contributed by atoms with Crippen LogP contribution in [0.15, 0.2) is 49.1 Å². The van der Waals surface area contributed by atoms with Crippen LogP contribution in [0, 0.1) is 0 Å². The smallest absolute Gasteiger partial charge is 0.251 e. The van der Waals surface area contributed by atoms with Gasteiger partial charge < -0.3 is 9.88 Å². The Labute approximate surface area is 158 Å². The maximum atomic E-state index is 12.7. The maximum absolute atomic E-state index is 12.7. The number of aromatic nitrogens is 5. The Balaban J connectivity index is 1.45. The Bertz CT molecular complexity index is 895. The first kappa shape index (κ1) is 17.5. The van der Waals surface area contributed by atoms with Gasteiger partial charge in [-0.05, 0) is 43.5 Å². The van der Waals surface area contributed by atoms with Crippen molar-refractivity contribution in [3.05, 3.63) is 66.0 Å². The molecule has 0 radical (unpaired) electrons. The van der Waals surface area contributed by atoms with Crippen LogP contribution >= 0.6 is 0 Å². The van der Waals surface area contributed by atoms with E-state index in [1.54, 1.807) is 12.5 Å². The van der Waals surface area contributed by atoms with Crippen LogP contribution < -0.4 is 5.32 Å². The number of benzene rings is 1. The van der Waals surface area contributed by atoms with Crippen LogP contribution in [-0.4, -0.2) is 30.5 Å². The Morgan fingerprint density at radius 1 is 1.30 bits per heavy atom. The summed E-state index contributed by atoms with van der Waals surface area (Å²) < 4.78 is 3.97. The standard InChI is InChI=1S/C20H24N6O/c1-15(19-24-21-14-26(19)18-8-2-3-9-18)23-20(27)17-7-4-6-16(12-17)13-25-11-5-10-22-25/h4-7,10-12,14-15,18H,2-3,8-9,13H2,1H3,(H,23,27)/t15-/m0/s1. The molecule has 1 aliphatic carbocycles. The summed E-state index contributed by atoms with van der Waals surface area (Å²) >= 11 is 0. The lowest BCUT2D eigenvalue weighted by Crippen LogP contribution is -2.29. The van der Waals surface area contributed by atoms with Gasteiger partial charge in [0, 0.05) is 24.0 Å². The molecule has 7 heteroatoms. The number of amides is 1. The zero-order valence-corrected chi connectivity index (χ0v) is 15.5. The van der Waals surface area contributed by atoms with Gasteiger partial charge in [0.25, 0.3) is 5.91 Å². The van der Waals surface area contributed by atoms with Gasteiger partial charge in [-0.3, -0.25) is 9.48 Å². The normalized spacial score (nSPS) is 15.7. The second-order valence-electron chi connectivity index (χ2n) is 7.13. The first-order valence-electron chi connectivity index (χ1n) is 9.47. The van der Waals surface area contributed by atoms with Gasteiger partial charge in [0.15, 0.2) is 5.82 Å². The number of carbonyl (C=O) groups excluding carboxylic acids is 1. The van der Waals surface area contributed by atoms with Crippen LogP contribution in [0.2, 0.25) is 0 Å². The fourth-order valence-corrected chi connectivity index (χ4v) is 3.76. The van der Waals surface area contributed by atoms with Crippen molar-refractivity contribution in [1.29, 1.82) is 0 Å². The number of rotatable bonds is 6. The molecular weight excluding hydrogens is 340 g/mol. The van der Waals surface area contributed by atoms with Crippen molar-refractivity contribution in [2.45, 2.75) is 51.2 Å². The fourth-order valence-electron chi connectivity index (χ4n) is 3.76. The van der Waals surface area contributed by atoms with Gasteiger partial charge in [-0.1, -0.05) is 25.0 Å². The third kappa shape index (κ3) is 3.92. The van der Waals surface area contributed by atoms with Gasteiger partial charge in [0.05, 0.1) is 12.6 Å². The van der Waals surface area contributed by atoms with Gasteiger partial charge in [0.2, 0.25) is 0 Å². The Hall–Kier alpha value is -2.96. The summed E-state index contributed by atoms with van der Waals surface area (Å²) in [6, 6.07) is 9.78. The molecule has 0 aliphatic heterocycles. The molecule has 1 aliphatic rings. The van der Waals surface area contributed by atoms with Crippen LogP contribution in [-0.2, 0) is 6.54 Å². The zero-order valence-electron chi connectivity index (χ0n) is 15.5. The number of nitrogens with one attached hydrogen (secondary N) is 1. The molecule has 140 valence electrons. The highest BCUT2D eigenvalue weighted by Crippen LogP contribution is 2.31. The van der Waals surface area contributed by atoms with E-state index in [9.17, 15) is 4.79 Å². The summed E-state index contributed by atoms with van der Waals surface area (Å²) in [5.41, 5.74) is 1.67. The van der Waals surface area contributed by atoms with E-state index in [0.717, 1.165) is 24.2 Å². The Morgan fingerprint density at radius 3 is 2.93 bits per heavy atom. The summed E-state index contributed by atoms with van der Waals surface area (Å²) in [5.74, 6) is 0.716. The number of hydrogen-bond donors (Lipinski definition) is 1. The lowest BCUT2D eigenvalue weighted by atomic mass is 10.1. The number of hydrogen-bond acceptors (Lipinski definition) is 4. The molecule has 1 aromatic carbocycles. The minimum absolute atomic E-state index is 0.106. The van der Waals surface area contributed by atoms with Gasteiger partial charge in [-0.2, -0.15) is 5.10 Å². The van der Waals surface area contributed by atoms with Crippen molar-refractivity contribution in [3.63, 3.8) is 0 Å². The van der Waals surface area contributed by atoms with Crippen molar-refractivity contribution >= 4 is 5.91 Å². The van der Waals surface area contributed by atoms with Crippen molar-refractivity contribution in [2.24, 2.45) is 0 Å². The van der Waals surface area contributed by atoms with Crippen LogP contribution in [0.25, 0.3) is 0 Å². The van der Waals surface area contributed by atoms with E-state index in [-0.39, 0.29) is 11.9 Å². The monoisotopic (exact) mass is 364 g/mol. The molecular formula is C20H24N6O. The molecule has 0 spiro atoms. The molecule has 7 nitrogen and oxygen atoms in total. The highest BCUT2D eigenvalue weighted by Gasteiger charge is 2.23. The summed E-state index contributed by atoms with van der Waals surface area (Å²) in [4.78, 5) is 12.7. The van der Waals surface area contributed by atoms with Crippen LogP contribution in [0.3, 0.4) is 0 Å². The Morgan fingerprint density at radius 2 is 2.15 bits per heavy atom. The molecule has 1 saturated carbocycles. The maximum Gasteiger partial charge on any atom is 0.251 e. The summed E-state index contributed by atoms with van der Waals surface area (Å²) in [6.07, 6.45) is 10.2. The number of nitrogens with zero attached hydrogens (tertiary/aromatic N) is 5. The largest absolute Gasteiger partial charge is 0.342 e. The van der Waals surface area contributed by atoms with Crippen molar-refractivity contribution in [3.8, 4) is 0 Å². The quantitative estimate of drug-likeness (QED) is 0.729. The minimum atomic E-state index is -0.199. The predicted octanol–water partition coefficient (Wildman–Crippen LogP) is 3.13. The average molecular weight is 364 g/mol. The van der Waals surface area contributed by atoms with Crippen LogP contribution in [0.4, 0.5) is 0 Å². The minimum Gasteiger partial charge on any atom is -0.342 e. The summed E-state index contributed by atoms with van der Waals surface area (Å²) in [5, 5.41) is 15.6. The second-order valence-corrected chi connectivity index (χ2v) is 7.13. The average Bonchev–Trinajstić information content (AvgIpc) is 3.43. The highest BCUT2D eigenvalue weighted by atomic mass is 16.1. The highest BCUT2D eigenvalue weighted by molar-refractivity contribution is 5.94. The molecule has 0 unspecified atom stereocenters. The van der Waals surface area contributed by atoms with E-state index in [2.05, 4.69) is 25.2 Å². The topological polar surface area (TPSA) is 77.6 Å². The molecule has 0 saturated heterocycles. The van der Waals surface area contributed by atoms with E-state index in [1.165, 1.54) is 12.8 Å². The molecule has 2 aromatic heterocycles. The van der Waals surface area contributed by atoms with Gasteiger partial charge in [-0.25, -0.2) is 0 Å². The Kier molecular flexibility index (Phi) is 5.00. The summed E-state index contributed by atoms with van der Waals surface area (Å²) in [6.45, 7) is 2.60. The lowest BCUT2D eigenvalue weighted by Gasteiger charge is -2.19. The lowest BCUT2D eigenvalue weighted by molar-refractivity contribution is 0.0937. The molecule has 1 atom stereocenters. The zero-order chi connectivity index (χ0) is 18.6. The molecule has 1 N–H and O–H groups in total. The predicted molar refractivity (Wildman–Crippen MR) is 101 cm³/mol. The van der Waals surface area contributed by atoms with E-state index in [0.29, 0.717) is 18.2 Å². The summed E-state index contributed by atoms with van der Waals surface area (Å²) in [7, 11) is 0. The van der Waals surface area contributed by atoms with E-state index >= 15 is 0 Å². The van der Waals surface area contributed by atoms with Crippen molar-refractivity contribution < 1.29 is 4.79 Å². The van der Waals surface area contributed by atoms with E-state index in [4.69, 9.17) is 0 Å². The number of carbonyl (C=O) groups is 1. The molecule has 1 amide bonds. The van der Waals surface area contributed by atoms with Crippen molar-refractivity contribution in [1.82, 2.24) is 29.9 Å². The first-order chi connectivity index (χ1) is 13.2. The molecule has 1 fully saturated rings. The first-order valence-corrected chi connectivity index (χ1v) is 9.47. The molecule has 0 bridgehead atoms. The van der Waals surface area contributed by atoms with Gasteiger partial charge in [0.1, 0.15) is 6.33 Å². The molecule has 27 heavy (non-hydrogen) atoms. The molecule has 4 rings (SSSR count). The third-order valence-corrected chi connectivity index (χ3v) is 5.15. The van der Waals surface area contributed by atoms with Crippen molar-refractivity contribution in [2.75, 3.05) is 0 Å². The molecule has 3 aromatic rings. The third-order valence-electron chi connectivity index (χ3n) is 5.15. The molecule has 2 heterocycles. The van der Waals surface area contributed by atoms with Crippen LogP contribution in [0.1, 0.15) is 66.4 Å². The van der Waals surface area contributed by atoms with Gasteiger partial charge in [-0.15, -0.1) is 10.2 Å². The fraction of sp³-hybridized carbons (Fsp3) is 0.400. The van der Waals surface area contributed by atoms with Crippen LogP contribution in [0.5, 0.6) is 0 Å². The van der Waals surface area contributed by atoms with E-state index in [1.807, 2.05) is 48.1 Å². The van der Waals surface area contributed by atoms with E-state index < -0.39 is 0 Å².